The standard InChI is InChI=1S/C33H46N6O4/c1-24(34-26-11-5-3-6-12-26)25-10-9-13-27(22-25)35-32(41)36-28-14-15-30-29(23-28)31(40)39(20-21-43-2)33(42)38(30)19-18-37-16-7-4-8-17-37/h9-10,13-15,22-24,26,34H,3-8,11-12,16-21H2,1-2H3,(H2,35,36,41). The van der Waals surface area contributed by atoms with Crippen molar-refractivity contribution in [3.8, 4) is 0 Å². The van der Waals surface area contributed by atoms with E-state index >= 15 is 0 Å². The number of piperidine rings is 1. The van der Waals surface area contributed by atoms with Crippen LogP contribution in [0.1, 0.15) is 69.9 Å². The minimum absolute atomic E-state index is 0.163. The molecule has 2 amide bonds. The normalized spacial score (nSPS) is 17.2. The van der Waals surface area contributed by atoms with Crippen molar-refractivity contribution in [3.05, 3.63) is 68.9 Å². The lowest BCUT2D eigenvalue weighted by atomic mass is 9.94. The van der Waals surface area contributed by atoms with Gasteiger partial charge in [-0.3, -0.25) is 13.9 Å². The van der Waals surface area contributed by atoms with Gasteiger partial charge in [-0.05, 0) is 81.6 Å². The summed E-state index contributed by atoms with van der Waals surface area (Å²) in [5.41, 5.74) is 2.14. The molecule has 2 aliphatic rings. The highest BCUT2D eigenvalue weighted by Gasteiger charge is 2.18. The Labute approximate surface area is 253 Å². The molecule has 2 fully saturated rings. The number of urea groups is 1. The van der Waals surface area contributed by atoms with Gasteiger partial charge < -0.3 is 25.6 Å². The zero-order valence-electron chi connectivity index (χ0n) is 25.6. The number of hydrogen-bond donors (Lipinski definition) is 3. The molecule has 10 heteroatoms. The van der Waals surface area contributed by atoms with Crippen LogP contribution in [0.15, 0.2) is 52.1 Å². The minimum atomic E-state index is -0.400. The number of anilines is 2. The Morgan fingerprint density at radius 2 is 1.60 bits per heavy atom. The lowest BCUT2D eigenvalue weighted by molar-refractivity contribution is 0.183. The van der Waals surface area contributed by atoms with Gasteiger partial charge in [-0.25, -0.2) is 9.59 Å². The van der Waals surface area contributed by atoms with Crippen LogP contribution in [0.25, 0.3) is 10.9 Å². The molecule has 0 bridgehead atoms. The molecule has 10 nitrogen and oxygen atoms in total. The first kappa shape index (κ1) is 31.0. The van der Waals surface area contributed by atoms with E-state index in [2.05, 4.69) is 33.8 Å². The Morgan fingerprint density at radius 3 is 2.35 bits per heavy atom. The van der Waals surface area contributed by atoms with Crippen molar-refractivity contribution < 1.29 is 9.53 Å². The number of rotatable bonds is 11. The molecule has 232 valence electrons. The average Bonchev–Trinajstić information content (AvgIpc) is 3.02. The molecule has 1 atom stereocenters. The number of hydrogen-bond acceptors (Lipinski definition) is 6. The number of carbonyl (C=O) groups excluding carboxylic acids is 1. The molecule has 1 saturated carbocycles. The maximum absolute atomic E-state index is 13.4. The second-order valence-corrected chi connectivity index (χ2v) is 11.9. The summed E-state index contributed by atoms with van der Waals surface area (Å²) in [7, 11) is 1.55. The Hall–Kier alpha value is -3.47. The summed E-state index contributed by atoms with van der Waals surface area (Å²) in [6.45, 7) is 5.86. The molecule has 3 aromatic rings. The Kier molecular flexibility index (Phi) is 10.7. The van der Waals surface area contributed by atoms with Gasteiger partial charge in [-0.2, -0.15) is 0 Å². The number of methoxy groups -OCH3 is 1. The fourth-order valence-electron chi connectivity index (χ4n) is 6.42. The number of amides is 2. The van der Waals surface area contributed by atoms with Crippen molar-refractivity contribution in [1.29, 1.82) is 0 Å². The summed E-state index contributed by atoms with van der Waals surface area (Å²) in [4.78, 5) is 42.2. The largest absolute Gasteiger partial charge is 0.383 e. The molecule has 5 rings (SSSR count). The average molecular weight is 591 g/mol. The molecule has 1 aromatic heterocycles. The van der Waals surface area contributed by atoms with E-state index < -0.39 is 6.03 Å². The van der Waals surface area contributed by atoms with Gasteiger partial charge in [0, 0.05) is 43.7 Å². The highest BCUT2D eigenvalue weighted by Crippen LogP contribution is 2.23. The Bertz CT molecular complexity index is 1500. The van der Waals surface area contributed by atoms with Gasteiger partial charge in [0.05, 0.1) is 24.1 Å². The highest BCUT2D eigenvalue weighted by molar-refractivity contribution is 6.01. The first-order valence-corrected chi connectivity index (χ1v) is 15.9. The summed E-state index contributed by atoms with van der Waals surface area (Å²) < 4.78 is 8.09. The third-order valence-corrected chi connectivity index (χ3v) is 8.83. The predicted molar refractivity (Wildman–Crippen MR) is 172 cm³/mol. The van der Waals surface area contributed by atoms with Crippen LogP contribution in [-0.4, -0.2) is 59.5 Å². The smallest absolute Gasteiger partial charge is 0.331 e. The number of ether oxygens (including phenoxy) is 1. The molecule has 3 N–H and O–H groups in total. The van der Waals surface area contributed by atoms with Crippen LogP contribution in [-0.2, 0) is 17.8 Å². The molecule has 1 aliphatic carbocycles. The quantitative estimate of drug-likeness (QED) is 0.293. The fourth-order valence-corrected chi connectivity index (χ4v) is 6.42. The van der Waals surface area contributed by atoms with E-state index in [9.17, 15) is 14.4 Å². The number of nitrogens with one attached hydrogen (secondary N) is 3. The van der Waals surface area contributed by atoms with Gasteiger partial charge in [0.2, 0.25) is 0 Å². The molecule has 2 aromatic carbocycles. The van der Waals surface area contributed by atoms with Gasteiger partial charge in [-0.1, -0.05) is 37.8 Å². The Morgan fingerprint density at radius 1 is 0.884 bits per heavy atom. The summed E-state index contributed by atoms with van der Waals surface area (Å²) in [5, 5.41) is 9.92. The van der Waals surface area contributed by atoms with E-state index in [-0.39, 0.29) is 30.4 Å². The molecule has 1 saturated heterocycles. The lowest BCUT2D eigenvalue weighted by Crippen LogP contribution is -2.43. The number of aromatic nitrogens is 2. The first-order chi connectivity index (χ1) is 20.9. The van der Waals surface area contributed by atoms with Gasteiger partial charge in [-0.15, -0.1) is 0 Å². The molecule has 0 spiro atoms. The van der Waals surface area contributed by atoms with E-state index in [0.717, 1.165) is 25.2 Å². The number of benzene rings is 2. The van der Waals surface area contributed by atoms with Crippen molar-refractivity contribution >= 4 is 28.3 Å². The van der Waals surface area contributed by atoms with Gasteiger partial charge in [0.1, 0.15) is 0 Å². The van der Waals surface area contributed by atoms with Crippen molar-refractivity contribution in [3.63, 3.8) is 0 Å². The van der Waals surface area contributed by atoms with Crippen molar-refractivity contribution in [1.82, 2.24) is 19.4 Å². The zero-order valence-corrected chi connectivity index (χ0v) is 25.6. The van der Waals surface area contributed by atoms with E-state index in [1.807, 2.05) is 18.2 Å². The number of likely N-dealkylation sites (tertiary alicyclic amines) is 1. The molecular weight excluding hydrogens is 544 g/mol. The van der Waals surface area contributed by atoms with E-state index in [0.29, 0.717) is 34.9 Å². The number of fused-ring (bicyclic) bond motifs is 1. The second kappa shape index (κ2) is 14.8. The third-order valence-electron chi connectivity index (χ3n) is 8.83. The molecule has 0 radical (unpaired) electrons. The maximum Gasteiger partial charge on any atom is 0.331 e. The van der Waals surface area contributed by atoms with Crippen LogP contribution < -0.4 is 27.2 Å². The van der Waals surface area contributed by atoms with Crippen LogP contribution in [0.4, 0.5) is 16.2 Å². The maximum atomic E-state index is 13.4. The first-order valence-electron chi connectivity index (χ1n) is 15.9. The minimum Gasteiger partial charge on any atom is -0.383 e. The summed E-state index contributed by atoms with van der Waals surface area (Å²) in [5.74, 6) is 0. The van der Waals surface area contributed by atoms with Crippen molar-refractivity contribution in [2.45, 2.75) is 83.5 Å². The SMILES string of the molecule is COCCn1c(=O)c2cc(NC(=O)Nc3cccc(C(C)NC4CCCCC4)c3)ccc2n(CCN2CCCCC2)c1=O. The number of nitrogens with zero attached hydrogens (tertiary/aromatic N) is 3. The van der Waals surface area contributed by atoms with Gasteiger partial charge >= 0.3 is 11.7 Å². The summed E-state index contributed by atoms with van der Waals surface area (Å²) in [6.07, 6.45) is 9.87. The van der Waals surface area contributed by atoms with Crippen LogP contribution in [0.5, 0.6) is 0 Å². The monoisotopic (exact) mass is 590 g/mol. The second-order valence-electron chi connectivity index (χ2n) is 11.9. The molecule has 43 heavy (non-hydrogen) atoms. The van der Waals surface area contributed by atoms with Gasteiger partial charge in [0.15, 0.2) is 0 Å². The summed E-state index contributed by atoms with van der Waals surface area (Å²) in [6, 6.07) is 13.4. The number of carbonyl (C=O) groups is 1. The summed E-state index contributed by atoms with van der Waals surface area (Å²) >= 11 is 0. The van der Waals surface area contributed by atoms with E-state index in [1.54, 1.807) is 29.9 Å². The Balaban J connectivity index is 1.32. The van der Waals surface area contributed by atoms with Crippen LogP contribution >= 0.6 is 0 Å². The van der Waals surface area contributed by atoms with Crippen molar-refractivity contribution in [2.24, 2.45) is 0 Å². The van der Waals surface area contributed by atoms with Crippen LogP contribution in [0, 0.1) is 0 Å². The fraction of sp³-hybridized carbons (Fsp3) is 0.545. The third kappa shape index (κ3) is 7.93. The van der Waals surface area contributed by atoms with Crippen molar-refractivity contribution in [2.75, 3.05) is 44.0 Å². The molecule has 2 heterocycles. The molecular formula is C33H46N6O4. The van der Waals surface area contributed by atoms with E-state index in [1.165, 1.54) is 55.9 Å². The lowest BCUT2D eigenvalue weighted by Gasteiger charge is -2.27. The predicted octanol–water partition coefficient (Wildman–Crippen LogP) is 4.92. The van der Waals surface area contributed by atoms with Crippen LogP contribution in [0.3, 0.4) is 0 Å². The zero-order chi connectivity index (χ0) is 30.2. The molecule has 1 unspecified atom stereocenters. The molecule has 1 aliphatic heterocycles. The van der Waals surface area contributed by atoms with Crippen LogP contribution in [0.2, 0.25) is 0 Å². The topological polar surface area (TPSA) is 110 Å². The van der Waals surface area contributed by atoms with E-state index in [4.69, 9.17) is 4.74 Å². The van der Waals surface area contributed by atoms with Gasteiger partial charge in [0.25, 0.3) is 5.56 Å². The highest BCUT2D eigenvalue weighted by atomic mass is 16.5.